The number of nitrogens with zero attached hydrogens (tertiary/aromatic N) is 4. The highest BCUT2D eigenvalue weighted by atomic mass is 16.3. The van der Waals surface area contributed by atoms with Gasteiger partial charge in [-0.3, -0.25) is 0 Å². The van der Waals surface area contributed by atoms with E-state index in [1.54, 1.807) is 0 Å². The molecule has 3 aliphatic heterocycles. The molecule has 0 bridgehead atoms. The SMILES string of the molecule is CC(C)c1cc(C(C)C)c(B2c3ccccc3N(c3ccccc3)c3cc4c(cc32)B2c3ccccc3N(c3ccccc3)c3cc(N(c5ccccc5)c5ccc6c(c5)oc5ccccc56)cc(c32)N4c2ccccc2)c(C(C)C)c1. The lowest BCUT2D eigenvalue weighted by Gasteiger charge is -2.46. The van der Waals surface area contributed by atoms with E-state index >= 15 is 0 Å². The third-order valence-corrected chi connectivity index (χ3v) is 17.6. The standard InChI is InChI=1S/C75H62B2N4O/c1-48(2)51-41-60(49(3)4)74(61(42-51)50(5)6)76-62-34-20-22-36-66(62)79(53-27-13-8-14-28-53)68-47-69-65(46-64(68)76)77-63-35-21-23-37-67(63)80(54-29-15-9-16-30-54)70-43-57(44-71(75(70)77)81(69)55-31-17-10-18-32-55)78(52-25-11-7-12-26-52)56-39-40-59-58-33-19-24-38-72(58)82-73(59)45-56/h7-50H,1-6H3. The number of hydrogen-bond donors (Lipinski definition) is 0. The molecule has 394 valence electrons. The topological polar surface area (TPSA) is 26.1 Å². The lowest BCUT2D eigenvalue weighted by atomic mass is 9.30. The van der Waals surface area contributed by atoms with Crippen LogP contribution in [0.15, 0.2) is 253 Å². The zero-order valence-electron chi connectivity index (χ0n) is 47.3. The molecule has 0 atom stereocenters. The Morgan fingerprint density at radius 3 is 1.30 bits per heavy atom. The van der Waals surface area contributed by atoms with Crippen molar-refractivity contribution in [1.29, 1.82) is 0 Å². The highest BCUT2D eigenvalue weighted by Crippen LogP contribution is 2.50. The van der Waals surface area contributed by atoms with E-state index in [1.165, 1.54) is 66.5 Å². The third kappa shape index (κ3) is 7.85. The van der Waals surface area contributed by atoms with Crippen LogP contribution in [-0.2, 0) is 0 Å². The fourth-order valence-corrected chi connectivity index (χ4v) is 13.9. The van der Waals surface area contributed by atoms with E-state index in [0.717, 1.165) is 73.1 Å². The minimum Gasteiger partial charge on any atom is -0.456 e. The van der Waals surface area contributed by atoms with Gasteiger partial charge in [0.1, 0.15) is 11.2 Å². The van der Waals surface area contributed by atoms with Crippen molar-refractivity contribution in [2.24, 2.45) is 0 Å². The summed E-state index contributed by atoms with van der Waals surface area (Å²) in [7, 11) is 0. The van der Waals surface area contributed by atoms with E-state index in [9.17, 15) is 0 Å². The van der Waals surface area contributed by atoms with Crippen LogP contribution >= 0.6 is 0 Å². The van der Waals surface area contributed by atoms with Crippen LogP contribution in [0.3, 0.4) is 0 Å². The van der Waals surface area contributed by atoms with Gasteiger partial charge in [-0.15, -0.1) is 0 Å². The zero-order valence-corrected chi connectivity index (χ0v) is 47.3. The number of anilines is 12. The Bertz CT molecular complexity index is 4400. The van der Waals surface area contributed by atoms with E-state index in [0.29, 0.717) is 17.8 Å². The predicted molar refractivity (Wildman–Crippen MR) is 350 cm³/mol. The fourth-order valence-electron chi connectivity index (χ4n) is 13.9. The van der Waals surface area contributed by atoms with Crippen LogP contribution in [0.4, 0.5) is 68.2 Å². The molecule has 12 aromatic rings. The first-order valence-electron chi connectivity index (χ1n) is 29.2. The molecular formula is C75H62B2N4O. The predicted octanol–water partition coefficient (Wildman–Crippen LogP) is 16.8. The normalized spacial score (nSPS) is 13.2. The van der Waals surface area contributed by atoms with Crippen LogP contribution < -0.4 is 52.4 Å². The Morgan fingerprint density at radius 2 is 0.768 bits per heavy atom. The summed E-state index contributed by atoms with van der Waals surface area (Å²) < 4.78 is 6.65. The van der Waals surface area contributed by atoms with Gasteiger partial charge in [-0.05, 0) is 159 Å². The molecule has 0 saturated heterocycles. The Hall–Kier alpha value is -9.45. The van der Waals surface area contributed by atoms with Crippen LogP contribution in [0.1, 0.15) is 76.0 Å². The quantitative estimate of drug-likeness (QED) is 0.127. The lowest BCUT2D eigenvalue weighted by molar-refractivity contribution is 0.669. The molecule has 0 N–H and O–H groups in total. The van der Waals surface area contributed by atoms with Gasteiger partial charge < -0.3 is 24.0 Å². The Morgan fingerprint density at radius 1 is 0.317 bits per heavy atom. The molecule has 3 aliphatic rings. The van der Waals surface area contributed by atoms with Crippen molar-refractivity contribution in [3.8, 4) is 0 Å². The molecule has 7 heteroatoms. The van der Waals surface area contributed by atoms with Gasteiger partial charge in [-0.2, -0.15) is 0 Å². The average molecular weight is 1060 g/mol. The van der Waals surface area contributed by atoms with E-state index in [4.69, 9.17) is 4.42 Å². The smallest absolute Gasteiger partial charge is 0.252 e. The summed E-state index contributed by atoms with van der Waals surface area (Å²) in [5.41, 5.74) is 27.3. The summed E-state index contributed by atoms with van der Waals surface area (Å²) in [4.78, 5) is 10.1. The maximum atomic E-state index is 6.65. The number of hydrogen-bond acceptors (Lipinski definition) is 5. The largest absolute Gasteiger partial charge is 0.456 e. The number of benzene rings is 11. The molecule has 1 aromatic heterocycles. The zero-order chi connectivity index (χ0) is 55.3. The van der Waals surface area contributed by atoms with Gasteiger partial charge in [0, 0.05) is 79.4 Å². The van der Waals surface area contributed by atoms with Crippen LogP contribution in [0.2, 0.25) is 0 Å². The number of fused-ring (bicyclic) bond motifs is 9. The second-order valence-electron chi connectivity index (χ2n) is 23.4. The van der Waals surface area contributed by atoms with Gasteiger partial charge in [0.2, 0.25) is 6.71 Å². The Balaban J connectivity index is 1.07. The number of rotatable bonds is 10. The first-order chi connectivity index (χ1) is 40.2. The maximum Gasteiger partial charge on any atom is 0.252 e. The molecule has 0 spiro atoms. The summed E-state index contributed by atoms with van der Waals surface area (Å²) in [5, 5.41) is 2.21. The highest BCUT2D eigenvalue weighted by Gasteiger charge is 2.47. The highest BCUT2D eigenvalue weighted by molar-refractivity contribution is 7.02. The summed E-state index contributed by atoms with van der Waals surface area (Å²) in [6, 6.07) is 92.5. The second-order valence-corrected chi connectivity index (χ2v) is 23.4. The van der Waals surface area contributed by atoms with Gasteiger partial charge in [-0.25, -0.2) is 0 Å². The maximum absolute atomic E-state index is 6.65. The van der Waals surface area contributed by atoms with E-state index in [1.807, 2.05) is 6.07 Å². The van der Waals surface area contributed by atoms with Crippen molar-refractivity contribution in [2.45, 2.75) is 59.3 Å². The van der Waals surface area contributed by atoms with Crippen molar-refractivity contribution in [3.63, 3.8) is 0 Å². The minimum atomic E-state index is -0.131. The van der Waals surface area contributed by atoms with E-state index in [-0.39, 0.29) is 13.4 Å². The van der Waals surface area contributed by atoms with Crippen molar-refractivity contribution in [1.82, 2.24) is 0 Å². The van der Waals surface area contributed by atoms with E-state index < -0.39 is 0 Å². The third-order valence-electron chi connectivity index (χ3n) is 17.6. The number of furan rings is 1. The molecule has 4 heterocycles. The van der Waals surface area contributed by atoms with Crippen molar-refractivity contribution in [3.05, 3.63) is 265 Å². The summed E-state index contributed by atoms with van der Waals surface area (Å²) in [6.45, 7) is 14.1. The lowest BCUT2D eigenvalue weighted by Crippen LogP contribution is -2.64. The molecule has 5 nitrogen and oxygen atoms in total. The molecule has 15 rings (SSSR count). The van der Waals surface area contributed by atoms with Crippen molar-refractivity contribution in [2.75, 3.05) is 19.6 Å². The van der Waals surface area contributed by atoms with Gasteiger partial charge in [0.25, 0.3) is 6.71 Å². The summed E-state index contributed by atoms with van der Waals surface area (Å²) in [5.74, 6) is 0.999. The summed E-state index contributed by atoms with van der Waals surface area (Å²) >= 11 is 0. The molecule has 0 unspecified atom stereocenters. The molecule has 11 aromatic carbocycles. The van der Waals surface area contributed by atoms with Crippen molar-refractivity contribution >= 4 is 136 Å². The molecule has 0 fully saturated rings. The average Bonchev–Trinajstić information content (AvgIpc) is 3.98. The molecule has 82 heavy (non-hydrogen) atoms. The monoisotopic (exact) mass is 1060 g/mol. The van der Waals surface area contributed by atoms with Gasteiger partial charge in [0.05, 0.1) is 5.69 Å². The van der Waals surface area contributed by atoms with Crippen molar-refractivity contribution < 1.29 is 4.42 Å². The molecule has 0 radical (unpaired) electrons. The molecule has 0 saturated carbocycles. The van der Waals surface area contributed by atoms with E-state index in [2.05, 4.69) is 304 Å². The van der Waals surface area contributed by atoms with Gasteiger partial charge in [-0.1, -0.05) is 193 Å². The number of para-hydroxylation sites is 7. The first-order valence-corrected chi connectivity index (χ1v) is 29.2. The Kier molecular flexibility index (Phi) is 11.9. The molecule has 0 amide bonds. The van der Waals surface area contributed by atoms with Crippen LogP contribution in [-0.4, -0.2) is 13.4 Å². The van der Waals surface area contributed by atoms with Gasteiger partial charge in [0.15, 0.2) is 0 Å². The van der Waals surface area contributed by atoms with Crippen LogP contribution in [0.25, 0.3) is 21.9 Å². The van der Waals surface area contributed by atoms with Crippen LogP contribution in [0, 0.1) is 0 Å². The minimum absolute atomic E-state index is 0.0518. The first kappa shape index (κ1) is 49.6. The summed E-state index contributed by atoms with van der Waals surface area (Å²) in [6.07, 6.45) is 0. The fraction of sp³-hybridized carbons (Fsp3) is 0.120. The van der Waals surface area contributed by atoms with Gasteiger partial charge >= 0.3 is 0 Å². The molecular weight excluding hydrogens is 994 g/mol. The second kappa shape index (κ2) is 19.7. The van der Waals surface area contributed by atoms with Crippen LogP contribution in [0.5, 0.6) is 0 Å². The molecule has 0 aliphatic carbocycles. The Labute approximate surface area is 482 Å².